The van der Waals surface area contributed by atoms with Crippen molar-refractivity contribution in [2.24, 2.45) is 0 Å². The molecule has 0 unspecified atom stereocenters. The summed E-state index contributed by atoms with van der Waals surface area (Å²) in [6.45, 7) is 3.07. The van der Waals surface area contributed by atoms with E-state index in [1.165, 1.54) is 10.9 Å². The number of aromatic nitrogens is 1. The molecule has 1 atom stereocenters. The van der Waals surface area contributed by atoms with E-state index in [1.807, 2.05) is 42.7 Å². The Labute approximate surface area is 135 Å². The summed E-state index contributed by atoms with van der Waals surface area (Å²) in [4.78, 5) is 15.2. The van der Waals surface area contributed by atoms with Gasteiger partial charge >= 0.3 is 0 Å². The third-order valence-electron chi connectivity index (χ3n) is 4.04. The van der Waals surface area contributed by atoms with Gasteiger partial charge in [-0.25, -0.2) is 0 Å². The molecule has 0 spiro atoms. The molecule has 3 aromatic rings. The largest absolute Gasteiger partial charge is 0.463 e. The Hall–Kier alpha value is -2.53. The molecule has 5 heteroatoms. The lowest BCUT2D eigenvalue weighted by Crippen LogP contribution is -2.87. The first-order chi connectivity index (χ1) is 11.2. The molecule has 0 saturated carbocycles. The van der Waals surface area contributed by atoms with Crippen LogP contribution in [0.3, 0.4) is 0 Å². The fourth-order valence-electron chi connectivity index (χ4n) is 2.70. The molecule has 0 saturated heterocycles. The molecule has 5 nitrogen and oxygen atoms in total. The van der Waals surface area contributed by atoms with Crippen molar-refractivity contribution < 1.29 is 14.5 Å². The van der Waals surface area contributed by atoms with Crippen molar-refractivity contribution in [2.75, 3.05) is 13.1 Å². The second-order valence-electron chi connectivity index (χ2n) is 5.70. The van der Waals surface area contributed by atoms with E-state index in [0.29, 0.717) is 13.1 Å². The van der Waals surface area contributed by atoms with Gasteiger partial charge in [0.1, 0.15) is 6.04 Å². The number of H-pyrrole nitrogens is 1. The zero-order valence-electron chi connectivity index (χ0n) is 13.2. The molecule has 23 heavy (non-hydrogen) atoms. The van der Waals surface area contributed by atoms with E-state index in [0.717, 1.165) is 17.7 Å². The predicted octanol–water partition coefficient (Wildman–Crippen LogP) is 1.74. The van der Waals surface area contributed by atoms with Crippen LogP contribution in [-0.4, -0.2) is 24.0 Å². The number of benzene rings is 1. The van der Waals surface area contributed by atoms with Crippen molar-refractivity contribution in [1.29, 1.82) is 0 Å². The van der Waals surface area contributed by atoms with E-state index in [9.17, 15) is 4.79 Å². The normalized spacial score (nSPS) is 12.4. The summed E-state index contributed by atoms with van der Waals surface area (Å²) < 4.78 is 5.33. The summed E-state index contributed by atoms with van der Waals surface area (Å²) >= 11 is 0. The standard InChI is InChI=1S/C18H21N3O2/c1-13(17-7-4-10-23-17)20-12-18(22)19-9-8-14-11-21-16-6-3-2-5-15(14)16/h2-7,10-11,13,20-21H,8-9,12H2,1H3,(H,19,22)/p+1/t13-/m0/s1. The van der Waals surface area contributed by atoms with Crippen LogP contribution >= 0.6 is 0 Å². The Bertz CT molecular complexity index is 762. The van der Waals surface area contributed by atoms with Crippen LogP contribution in [0.1, 0.15) is 24.3 Å². The van der Waals surface area contributed by atoms with Gasteiger partial charge in [-0.2, -0.15) is 0 Å². The number of furan rings is 1. The number of hydrogen-bond donors (Lipinski definition) is 3. The third-order valence-corrected chi connectivity index (χ3v) is 4.04. The molecule has 120 valence electrons. The molecule has 0 bridgehead atoms. The monoisotopic (exact) mass is 312 g/mol. The highest BCUT2D eigenvalue weighted by Crippen LogP contribution is 2.17. The number of carbonyl (C=O) groups is 1. The van der Waals surface area contributed by atoms with E-state index >= 15 is 0 Å². The van der Waals surface area contributed by atoms with Crippen LogP contribution in [-0.2, 0) is 11.2 Å². The zero-order valence-corrected chi connectivity index (χ0v) is 13.2. The van der Waals surface area contributed by atoms with Gasteiger partial charge in [0.15, 0.2) is 12.3 Å². The van der Waals surface area contributed by atoms with Gasteiger partial charge < -0.3 is 20.0 Å². The molecule has 1 aromatic carbocycles. The minimum absolute atomic E-state index is 0.0447. The molecular weight excluding hydrogens is 290 g/mol. The van der Waals surface area contributed by atoms with Crippen LogP contribution in [0.15, 0.2) is 53.3 Å². The maximum atomic E-state index is 11.9. The van der Waals surface area contributed by atoms with Gasteiger partial charge in [0, 0.05) is 23.6 Å². The van der Waals surface area contributed by atoms with Gasteiger partial charge in [-0.1, -0.05) is 18.2 Å². The molecule has 2 heterocycles. The summed E-state index contributed by atoms with van der Waals surface area (Å²) in [5.41, 5.74) is 2.36. The van der Waals surface area contributed by atoms with Crippen LogP contribution in [0.25, 0.3) is 10.9 Å². The van der Waals surface area contributed by atoms with Gasteiger partial charge in [0.2, 0.25) is 0 Å². The van der Waals surface area contributed by atoms with Crippen molar-refractivity contribution in [3.8, 4) is 0 Å². The molecular formula is C18H22N3O2+. The number of rotatable bonds is 7. The fraction of sp³-hybridized carbons (Fsp3) is 0.278. The van der Waals surface area contributed by atoms with Crippen molar-refractivity contribution >= 4 is 16.8 Å². The number of hydrogen-bond acceptors (Lipinski definition) is 2. The number of para-hydroxylation sites is 1. The highest BCUT2D eigenvalue weighted by atomic mass is 16.3. The Kier molecular flexibility index (Phi) is 4.78. The summed E-state index contributed by atoms with van der Waals surface area (Å²) in [7, 11) is 0. The van der Waals surface area contributed by atoms with Gasteiger partial charge in [-0.15, -0.1) is 0 Å². The lowest BCUT2D eigenvalue weighted by molar-refractivity contribution is -0.684. The second kappa shape index (κ2) is 7.15. The maximum Gasteiger partial charge on any atom is 0.275 e. The van der Waals surface area contributed by atoms with Crippen LogP contribution in [0.5, 0.6) is 0 Å². The lowest BCUT2D eigenvalue weighted by Gasteiger charge is -2.08. The summed E-state index contributed by atoms with van der Waals surface area (Å²) in [6, 6.07) is 12.1. The molecule has 0 aliphatic rings. The highest BCUT2D eigenvalue weighted by Gasteiger charge is 2.13. The molecule has 0 fully saturated rings. The van der Waals surface area contributed by atoms with Crippen LogP contribution < -0.4 is 10.6 Å². The summed E-state index contributed by atoms with van der Waals surface area (Å²) in [5.74, 6) is 0.930. The zero-order chi connectivity index (χ0) is 16.1. The minimum Gasteiger partial charge on any atom is -0.463 e. The van der Waals surface area contributed by atoms with Crippen molar-refractivity contribution in [2.45, 2.75) is 19.4 Å². The number of quaternary nitrogens is 1. The molecule has 0 radical (unpaired) electrons. The average Bonchev–Trinajstić information content (AvgIpc) is 3.23. The summed E-state index contributed by atoms with van der Waals surface area (Å²) in [6.07, 6.45) is 4.49. The number of nitrogens with two attached hydrogens (primary N) is 1. The lowest BCUT2D eigenvalue weighted by atomic mass is 10.1. The van der Waals surface area contributed by atoms with Gasteiger partial charge in [0.25, 0.3) is 5.91 Å². The highest BCUT2D eigenvalue weighted by molar-refractivity contribution is 5.83. The van der Waals surface area contributed by atoms with Crippen LogP contribution in [0, 0.1) is 0 Å². The van der Waals surface area contributed by atoms with Crippen molar-refractivity contribution in [3.05, 3.63) is 60.2 Å². The average molecular weight is 312 g/mol. The predicted molar refractivity (Wildman–Crippen MR) is 88.9 cm³/mol. The number of fused-ring (bicyclic) bond motifs is 1. The fourth-order valence-corrected chi connectivity index (χ4v) is 2.70. The molecule has 0 aliphatic carbocycles. The van der Waals surface area contributed by atoms with Crippen LogP contribution in [0.4, 0.5) is 0 Å². The Balaban J connectivity index is 1.42. The molecule has 4 N–H and O–H groups in total. The minimum atomic E-state index is 0.0447. The number of amides is 1. The van der Waals surface area contributed by atoms with Gasteiger partial charge in [0.05, 0.1) is 6.26 Å². The SMILES string of the molecule is C[C@H]([NH2+]CC(=O)NCCc1c[nH]c2ccccc12)c1ccco1. The Morgan fingerprint density at radius 2 is 2.17 bits per heavy atom. The Morgan fingerprint density at radius 3 is 3.00 bits per heavy atom. The summed E-state index contributed by atoms with van der Waals surface area (Å²) in [5, 5.41) is 6.17. The van der Waals surface area contributed by atoms with Crippen molar-refractivity contribution in [1.82, 2.24) is 10.3 Å². The molecule has 1 amide bonds. The van der Waals surface area contributed by atoms with E-state index in [1.54, 1.807) is 6.26 Å². The van der Waals surface area contributed by atoms with Gasteiger partial charge in [-0.3, -0.25) is 4.79 Å². The van der Waals surface area contributed by atoms with E-state index < -0.39 is 0 Å². The molecule has 0 aliphatic heterocycles. The Morgan fingerprint density at radius 1 is 1.30 bits per heavy atom. The smallest absolute Gasteiger partial charge is 0.275 e. The second-order valence-corrected chi connectivity index (χ2v) is 5.70. The number of aromatic amines is 1. The quantitative estimate of drug-likeness (QED) is 0.622. The first-order valence-corrected chi connectivity index (χ1v) is 7.92. The van der Waals surface area contributed by atoms with E-state index in [2.05, 4.69) is 22.4 Å². The van der Waals surface area contributed by atoms with Crippen molar-refractivity contribution in [3.63, 3.8) is 0 Å². The number of carbonyl (C=O) groups excluding carboxylic acids is 1. The molecule has 3 rings (SSSR count). The first-order valence-electron chi connectivity index (χ1n) is 7.92. The van der Waals surface area contributed by atoms with E-state index in [-0.39, 0.29) is 11.9 Å². The first kappa shape index (κ1) is 15.4. The maximum absolute atomic E-state index is 11.9. The number of nitrogens with one attached hydrogen (secondary N) is 2. The molecule has 2 aromatic heterocycles. The third kappa shape index (κ3) is 3.81. The van der Waals surface area contributed by atoms with Gasteiger partial charge in [-0.05, 0) is 37.1 Å². The topological polar surface area (TPSA) is 74.6 Å². The van der Waals surface area contributed by atoms with Crippen LogP contribution in [0.2, 0.25) is 0 Å². The van der Waals surface area contributed by atoms with E-state index in [4.69, 9.17) is 4.42 Å².